The van der Waals surface area contributed by atoms with Gasteiger partial charge in [-0.25, -0.2) is 4.39 Å². The van der Waals surface area contributed by atoms with Gasteiger partial charge in [0.25, 0.3) is 0 Å². The number of likely N-dealkylation sites (N-methyl/N-ethyl adjacent to an activating group) is 1. The standard InChI is InChI=1S/C18H28FN3O3/c1-13-7-17(25-20-13)11-22-9-15(19)8-16(22)10-21(2)18(23)4-3-14-5-6-24-12-14/h7,14-16H,3-6,8-12H2,1-2H3/t14-,15+,16+/m1/s1. The molecule has 3 rings (SSSR count). The second-order valence-electron chi connectivity index (χ2n) is 7.39. The Kier molecular flexibility index (Phi) is 6.06. The highest BCUT2D eigenvalue weighted by Crippen LogP contribution is 2.24. The molecule has 2 aliphatic heterocycles. The Morgan fingerprint density at radius 3 is 3.04 bits per heavy atom. The molecule has 2 fully saturated rings. The number of amides is 1. The molecule has 1 aromatic rings. The van der Waals surface area contributed by atoms with E-state index in [0.29, 0.717) is 38.4 Å². The Labute approximate surface area is 148 Å². The first-order chi connectivity index (χ1) is 12.0. The van der Waals surface area contributed by atoms with Crippen LogP contribution in [0.15, 0.2) is 10.6 Å². The molecule has 0 unspecified atom stereocenters. The van der Waals surface area contributed by atoms with Crippen molar-refractivity contribution < 1.29 is 18.4 Å². The molecule has 0 radical (unpaired) electrons. The molecule has 3 heterocycles. The van der Waals surface area contributed by atoms with Gasteiger partial charge in [-0.2, -0.15) is 0 Å². The van der Waals surface area contributed by atoms with Crippen LogP contribution in [0.1, 0.15) is 37.1 Å². The highest BCUT2D eigenvalue weighted by atomic mass is 19.1. The average molecular weight is 353 g/mol. The van der Waals surface area contributed by atoms with Crippen LogP contribution in [0, 0.1) is 12.8 Å². The van der Waals surface area contributed by atoms with Gasteiger partial charge in [0.2, 0.25) is 5.91 Å². The second kappa shape index (κ2) is 8.27. The number of nitrogens with zero attached hydrogens (tertiary/aromatic N) is 3. The molecule has 140 valence electrons. The maximum atomic E-state index is 13.9. The lowest BCUT2D eigenvalue weighted by Gasteiger charge is -2.28. The van der Waals surface area contributed by atoms with Crippen LogP contribution in [0.3, 0.4) is 0 Å². The first-order valence-electron chi connectivity index (χ1n) is 9.13. The fourth-order valence-corrected chi connectivity index (χ4v) is 3.74. The number of aromatic nitrogens is 1. The molecule has 0 spiro atoms. The lowest BCUT2D eigenvalue weighted by Crippen LogP contribution is -2.41. The Balaban J connectivity index is 1.49. The van der Waals surface area contributed by atoms with Crippen molar-refractivity contribution in [2.45, 2.75) is 51.4 Å². The predicted octanol–water partition coefficient (Wildman–Crippen LogP) is 2.17. The van der Waals surface area contributed by atoms with E-state index in [-0.39, 0.29) is 11.9 Å². The minimum atomic E-state index is -0.854. The van der Waals surface area contributed by atoms with Crippen molar-refractivity contribution in [1.82, 2.24) is 15.0 Å². The molecule has 0 bridgehead atoms. The van der Waals surface area contributed by atoms with Crippen LogP contribution in [0.2, 0.25) is 0 Å². The van der Waals surface area contributed by atoms with Gasteiger partial charge in [0.1, 0.15) is 6.17 Å². The number of rotatable bonds is 7. The monoisotopic (exact) mass is 353 g/mol. The Morgan fingerprint density at radius 1 is 1.52 bits per heavy atom. The van der Waals surface area contributed by atoms with Crippen LogP contribution in [0.5, 0.6) is 0 Å². The third kappa shape index (κ3) is 5.01. The fourth-order valence-electron chi connectivity index (χ4n) is 3.74. The Bertz CT molecular complexity index is 574. The first kappa shape index (κ1) is 18.3. The fraction of sp³-hybridized carbons (Fsp3) is 0.778. The van der Waals surface area contributed by atoms with Gasteiger partial charge >= 0.3 is 0 Å². The van der Waals surface area contributed by atoms with Crippen LogP contribution >= 0.6 is 0 Å². The van der Waals surface area contributed by atoms with E-state index in [1.165, 1.54) is 0 Å². The summed E-state index contributed by atoms with van der Waals surface area (Å²) in [4.78, 5) is 16.2. The quantitative estimate of drug-likeness (QED) is 0.752. The lowest BCUT2D eigenvalue weighted by atomic mass is 10.0. The topological polar surface area (TPSA) is 58.8 Å². The van der Waals surface area contributed by atoms with Crippen LogP contribution in [0.25, 0.3) is 0 Å². The van der Waals surface area contributed by atoms with E-state index in [0.717, 1.165) is 37.5 Å². The summed E-state index contributed by atoms with van der Waals surface area (Å²) in [6.07, 6.45) is 2.07. The predicted molar refractivity (Wildman–Crippen MR) is 90.7 cm³/mol. The number of hydrogen-bond acceptors (Lipinski definition) is 5. The van der Waals surface area contributed by atoms with Crippen molar-refractivity contribution >= 4 is 5.91 Å². The van der Waals surface area contributed by atoms with Crippen molar-refractivity contribution in [2.24, 2.45) is 5.92 Å². The van der Waals surface area contributed by atoms with E-state index < -0.39 is 6.17 Å². The number of carbonyl (C=O) groups excluding carboxylic acids is 1. The average Bonchev–Trinajstić information content (AvgIpc) is 3.29. The van der Waals surface area contributed by atoms with Crippen molar-refractivity contribution in [3.8, 4) is 0 Å². The van der Waals surface area contributed by atoms with E-state index >= 15 is 0 Å². The summed E-state index contributed by atoms with van der Waals surface area (Å²) < 4.78 is 24.5. The number of aryl methyl sites for hydroxylation is 1. The molecule has 2 saturated heterocycles. The molecular formula is C18H28FN3O3. The molecule has 0 saturated carbocycles. The second-order valence-corrected chi connectivity index (χ2v) is 7.39. The molecule has 3 atom stereocenters. The summed E-state index contributed by atoms with van der Waals surface area (Å²) in [7, 11) is 1.82. The normalized spacial score (nSPS) is 27.1. The minimum Gasteiger partial charge on any atom is -0.381 e. The maximum absolute atomic E-state index is 13.9. The largest absolute Gasteiger partial charge is 0.381 e. The minimum absolute atomic E-state index is 0.0178. The molecular weight excluding hydrogens is 325 g/mol. The summed E-state index contributed by atoms with van der Waals surface area (Å²) in [5.41, 5.74) is 0.825. The molecule has 6 nitrogen and oxygen atoms in total. The van der Waals surface area contributed by atoms with Crippen LogP contribution in [-0.4, -0.2) is 66.4 Å². The van der Waals surface area contributed by atoms with Gasteiger partial charge in [-0.05, 0) is 32.1 Å². The SMILES string of the molecule is Cc1cc(CN2C[C@@H](F)C[C@H]2CN(C)C(=O)CC[C@@H]2CCOC2)on1. The van der Waals surface area contributed by atoms with Gasteiger partial charge in [0.05, 0.1) is 12.2 Å². The number of ether oxygens (including phenoxy) is 1. The lowest BCUT2D eigenvalue weighted by molar-refractivity contribution is -0.130. The number of alkyl halides is 1. The number of halogens is 1. The van der Waals surface area contributed by atoms with Crippen LogP contribution < -0.4 is 0 Å². The zero-order chi connectivity index (χ0) is 17.8. The summed E-state index contributed by atoms with van der Waals surface area (Å²) >= 11 is 0. The van der Waals surface area contributed by atoms with Gasteiger partial charge in [0.15, 0.2) is 5.76 Å². The number of hydrogen-bond donors (Lipinski definition) is 0. The van der Waals surface area contributed by atoms with Gasteiger partial charge in [0, 0.05) is 51.9 Å². The van der Waals surface area contributed by atoms with Crippen molar-refractivity contribution in [3.05, 3.63) is 17.5 Å². The third-order valence-corrected chi connectivity index (χ3v) is 5.21. The van der Waals surface area contributed by atoms with Gasteiger partial charge < -0.3 is 14.2 Å². The van der Waals surface area contributed by atoms with Gasteiger partial charge in [-0.15, -0.1) is 0 Å². The van der Waals surface area contributed by atoms with Gasteiger partial charge in [-0.1, -0.05) is 5.16 Å². The Hall–Kier alpha value is -1.47. The van der Waals surface area contributed by atoms with Crippen LogP contribution in [0.4, 0.5) is 4.39 Å². The van der Waals surface area contributed by atoms with Crippen LogP contribution in [-0.2, 0) is 16.1 Å². The summed E-state index contributed by atoms with van der Waals surface area (Å²) in [6.45, 7) is 4.92. The van der Waals surface area contributed by atoms with Gasteiger partial charge in [-0.3, -0.25) is 9.69 Å². The number of carbonyl (C=O) groups is 1. The van der Waals surface area contributed by atoms with E-state index in [2.05, 4.69) is 10.1 Å². The smallest absolute Gasteiger partial charge is 0.222 e. The molecule has 0 aliphatic carbocycles. The van der Waals surface area contributed by atoms with E-state index in [9.17, 15) is 9.18 Å². The molecule has 7 heteroatoms. The highest BCUT2D eigenvalue weighted by Gasteiger charge is 2.34. The van der Waals surface area contributed by atoms with Crippen molar-refractivity contribution in [3.63, 3.8) is 0 Å². The number of likely N-dealkylation sites (tertiary alicyclic amines) is 1. The molecule has 1 amide bonds. The molecule has 0 aromatic carbocycles. The summed E-state index contributed by atoms with van der Waals surface area (Å²) in [5, 5.41) is 3.88. The first-order valence-corrected chi connectivity index (χ1v) is 9.13. The molecule has 1 aromatic heterocycles. The van der Waals surface area contributed by atoms with Crippen molar-refractivity contribution in [2.75, 3.05) is 33.4 Å². The third-order valence-electron chi connectivity index (χ3n) is 5.21. The summed E-state index contributed by atoms with van der Waals surface area (Å²) in [5.74, 6) is 1.38. The van der Waals surface area contributed by atoms with E-state index in [1.807, 2.05) is 20.0 Å². The van der Waals surface area contributed by atoms with E-state index in [4.69, 9.17) is 9.26 Å². The molecule has 0 N–H and O–H groups in total. The zero-order valence-electron chi connectivity index (χ0n) is 15.1. The maximum Gasteiger partial charge on any atom is 0.222 e. The zero-order valence-corrected chi connectivity index (χ0v) is 15.1. The molecule has 25 heavy (non-hydrogen) atoms. The van der Waals surface area contributed by atoms with E-state index in [1.54, 1.807) is 4.90 Å². The Morgan fingerprint density at radius 2 is 2.36 bits per heavy atom. The van der Waals surface area contributed by atoms with Crippen molar-refractivity contribution in [1.29, 1.82) is 0 Å². The highest BCUT2D eigenvalue weighted by molar-refractivity contribution is 5.75. The summed E-state index contributed by atoms with van der Waals surface area (Å²) in [6, 6.07) is 1.89. The molecule has 2 aliphatic rings.